The van der Waals surface area contributed by atoms with E-state index in [1.54, 1.807) is 0 Å². The second-order valence-corrected chi connectivity index (χ2v) is 3.86. The molecule has 0 aromatic heterocycles. The molecule has 0 aromatic rings. The largest absolute Gasteiger partial charge is 0.372 e. The van der Waals surface area contributed by atoms with Crippen molar-refractivity contribution in [3.63, 3.8) is 0 Å². The van der Waals surface area contributed by atoms with E-state index >= 15 is 0 Å². The number of carbonyl (C=O) groups excluding carboxylic acids is 1. The van der Waals surface area contributed by atoms with Crippen LogP contribution >= 0.6 is 0 Å². The summed E-state index contributed by atoms with van der Waals surface area (Å²) in [6, 6.07) is 0. The van der Waals surface area contributed by atoms with Crippen LogP contribution in [0.2, 0.25) is 0 Å². The predicted molar refractivity (Wildman–Crippen MR) is 59.8 cm³/mol. The van der Waals surface area contributed by atoms with Crippen LogP contribution in [0.25, 0.3) is 0 Å². The maximum Gasteiger partial charge on any atom is 0.248 e. The summed E-state index contributed by atoms with van der Waals surface area (Å²) in [6.07, 6.45) is 1.19. The molecule has 15 heavy (non-hydrogen) atoms. The highest BCUT2D eigenvalue weighted by Gasteiger charge is 2.19. The van der Waals surface area contributed by atoms with E-state index in [0.717, 1.165) is 32.7 Å². The van der Waals surface area contributed by atoms with Gasteiger partial charge in [0.25, 0.3) is 0 Å². The van der Waals surface area contributed by atoms with Gasteiger partial charge in [0.2, 0.25) is 5.91 Å². The molecule has 1 rings (SSSR count). The number of amides is 1. The number of carbonyl (C=O) groups is 1. The van der Waals surface area contributed by atoms with E-state index in [9.17, 15) is 4.79 Å². The first kappa shape index (κ1) is 12.5. The molecule has 88 valence electrons. The molecule has 0 spiro atoms. The minimum atomic E-state index is 0.132. The van der Waals surface area contributed by atoms with Gasteiger partial charge in [0.1, 0.15) is 6.61 Å². The average Bonchev–Trinajstić information content (AvgIpc) is 2.27. The minimum absolute atomic E-state index is 0.132. The summed E-state index contributed by atoms with van der Waals surface area (Å²) in [6.45, 7) is 9.81. The lowest BCUT2D eigenvalue weighted by Gasteiger charge is -2.34. The summed E-state index contributed by atoms with van der Waals surface area (Å²) in [4.78, 5) is 15.9. The quantitative estimate of drug-likeness (QED) is 0.671. The highest BCUT2D eigenvalue weighted by Crippen LogP contribution is 2.02. The second kappa shape index (κ2) is 6.80. The lowest BCUT2D eigenvalue weighted by molar-refractivity contribution is -0.137. The summed E-state index contributed by atoms with van der Waals surface area (Å²) in [5.74, 6) is 0.132. The van der Waals surface area contributed by atoms with Gasteiger partial charge < -0.3 is 9.64 Å². The Morgan fingerprint density at radius 1 is 1.20 bits per heavy atom. The predicted octanol–water partition coefficient (Wildman–Crippen LogP) is 0.577. The van der Waals surface area contributed by atoms with E-state index in [0.29, 0.717) is 6.61 Å². The van der Waals surface area contributed by atoms with E-state index in [1.165, 1.54) is 6.42 Å². The van der Waals surface area contributed by atoms with Crippen molar-refractivity contribution in [1.29, 1.82) is 0 Å². The summed E-state index contributed by atoms with van der Waals surface area (Å²) in [5, 5.41) is 0. The number of hydrogen-bond acceptors (Lipinski definition) is 3. The molecule has 1 aliphatic heterocycles. The number of ether oxygens (including phenoxy) is 1. The van der Waals surface area contributed by atoms with Crippen LogP contribution < -0.4 is 0 Å². The van der Waals surface area contributed by atoms with E-state index < -0.39 is 0 Å². The Balaban J connectivity index is 2.21. The molecule has 0 saturated carbocycles. The zero-order valence-electron chi connectivity index (χ0n) is 9.87. The third-order valence-corrected chi connectivity index (χ3v) is 2.69. The van der Waals surface area contributed by atoms with Gasteiger partial charge in [0.05, 0.1) is 0 Å². The Hall–Kier alpha value is -0.610. The van der Waals surface area contributed by atoms with Gasteiger partial charge in [0, 0.05) is 32.8 Å². The van der Waals surface area contributed by atoms with Crippen LogP contribution in [0.3, 0.4) is 0 Å². The number of rotatable bonds is 5. The van der Waals surface area contributed by atoms with Crippen LogP contribution in [0.4, 0.5) is 0 Å². The lowest BCUT2D eigenvalue weighted by Crippen LogP contribution is -2.49. The summed E-state index contributed by atoms with van der Waals surface area (Å²) < 4.78 is 5.12. The summed E-state index contributed by atoms with van der Waals surface area (Å²) in [7, 11) is 0. The van der Waals surface area contributed by atoms with Crippen molar-refractivity contribution in [3.05, 3.63) is 0 Å². The number of piperazine rings is 1. The van der Waals surface area contributed by atoms with E-state index in [4.69, 9.17) is 4.74 Å². The van der Waals surface area contributed by atoms with Gasteiger partial charge in [-0.3, -0.25) is 9.69 Å². The van der Waals surface area contributed by atoms with Crippen LogP contribution in [-0.2, 0) is 9.53 Å². The average molecular weight is 214 g/mol. The van der Waals surface area contributed by atoms with Gasteiger partial charge >= 0.3 is 0 Å². The third-order valence-electron chi connectivity index (χ3n) is 2.69. The van der Waals surface area contributed by atoms with Gasteiger partial charge in [-0.05, 0) is 19.9 Å². The van der Waals surface area contributed by atoms with Gasteiger partial charge in [-0.1, -0.05) is 6.92 Å². The lowest BCUT2D eigenvalue weighted by atomic mass is 10.3. The van der Waals surface area contributed by atoms with Crippen LogP contribution in [0.5, 0.6) is 0 Å². The molecule has 1 amide bonds. The fourth-order valence-electron chi connectivity index (χ4n) is 1.82. The Morgan fingerprint density at radius 3 is 2.40 bits per heavy atom. The second-order valence-electron chi connectivity index (χ2n) is 3.86. The van der Waals surface area contributed by atoms with Gasteiger partial charge in [-0.25, -0.2) is 0 Å². The topological polar surface area (TPSA) is 32.8 Å². The highest BCUT2D eigenvalue weighted by atomic mass is 16.5. The van der Waals surface area contributed by atoms with Crippen molar-refractivity contribution in [2.45, 2.75) is 20.3 Å². The van der Waals surface area contributed by atoms with Crippen molar-refractivity contribution < 1.29 is 9.53 Å². The van der Waals surface area contributed by atoms with Crippen LogP contribution in [0, 0.1) is 0 Å². The van der Waals surface area contributed by atoms with E-state index in [-0.39, 0.29) is 12.5 Å². The van der Waals surface area contributed by atoms with Crippen LogP contribution in [0.15, 0.2) is 0 Å². The molecule has 4 nitrogen and oxygen atoms in total. The molecule has 1 heterocycles. The Bertz CT molecular complexity index is 189. The van der Waals surface area contributed by atoms with Crippen LogP contribution in [0.1, 0.15) is 20.3 Å². The fraction of sp³-hybridized carbons (Fsp3) is 0.909. The molecule has 1 saturated heterocycles. The first-order chi connectivity index (χ1) is 7.27. The van der Waals surface area contributed by atoms with Gasteiger partial charge in [0.15, 0.2) is 0 Å². The van der Waals surface area contributed by atoms with Crippen LogP contribution in [-0.4, -0.2) is 61.6 Å². The maximum absolute atomic E-state index is 11.6. The smallest absolute Gasteiger partial charge is 0.248 e. The number of hydrogen-bond donors (Lipinski definition) is 0. The van der Waals surface area contributed by atoms with Crippen molar-refractivity contribution in [2.24, 2.45) is 0 Å². The molecule has 0 atom stereocenters. The number of nitrogens with zero attached hydrogens (tertiary/aromatic N) is 2. The molecule has 0 aromatic carbocycles. The molecule has 0 bridgehead atoms. The molecule has 1 fully saturated rings. The fourth-order valence-corrected chi connectivity index (χ4v) is 1.82. The van der Waals surface area contributed by atoms with Crippen molar-refractivity contribution in [1.82, 2.24) is 9.80 Å². The SMILES string of the molecule is CCCN1CCN(C(=O)COCC)CC1. The monoisotopic (exact) mass is 214 g/mol. The Morgan fingerprint density at radius 2 is 1.87 bits per heavy atom. The summed E-state index contributed by atoms with van der Waals surface area (Å²) in [5.41, 5.74) is 0. The first-order valence-electron chi connectivity index (χ1n) is 5.85. The molecule has 4 heteroatoms. The highest BCUT2D eigenvalue weighted by molar-refractivity contribution is 5.77. The Kier molecular flexibility index (Phi) is 5.65. The van der Waals surface area contributed by atoms with Crippen molar-refractivity contribution in [3.8, 4) is 0 Å². The molecule has 0 radical (unpaired) electrons. The minimum Gasteiger partial charge on any atom is -0.372 e. The molecule has 1 aliphatic rings. The molecule has 0 unspecified atom stereocenters. The maximum atomic E-state index is 11.6. The third kappa shape index (κ3) is 4.18. The zero-order chi connectivity index (χ0) is 11.1. The first-order valence-corrected chi connectivity index (χ1v) is 5.85. The molecular formula is C11H22N2O2. The van der Waals surface area contributed by atoms with Crippen molar-refractivity contribution in [2.75, 3.05) is 45.9 Å². The molecule has 0 N–H and O–H groups in total. The Labute approximate surface area is 92.2 Å². The molecular weight excluding hydrogens is 192 g/mol. The van der Waals surface area contributed by atoms with E-state index in [2.05, 4.69) is 11.8 Å². The van der Waals surface area contributed by atoms with E-state index in [1.807, 2.05) is 11.8 Å². The van der Waals surface area contributed by atoms with Crippen molar-refractivity contribution >= 4 is 5.91 Å². The molecule has 0 aliphatic carbocycles. The van der Waals surface area contributed by atoms with Gasteiger partial charge in [-0.2, -0.15) is 0 Å². The standard InChI is InChI=1S/C11H22N2O2/c1-3-5-12-6-8-13(9-7-12)11(14)10-15-4-2/h3-10H2,1-2H3. The summed E-state index contributed by atoms with van der Waals surface area (Å²) >= 11 is 0. The van der Waals surface area contributed by atoms with Gasteiger partial charge in [-0.15, -0.1) is 0 Å². The normalized spacial score (nSPS) is 18.1. The zero-order valence-corrected chi connectivity index (χ0v) is 9.87.